The molecule has 0 radical (unpaired) electrons. The quantitative estimate of drug-likeness (QED) is 0.567. The summed E-state index contributed by atoms with van der Waals surface area (Å²) in [7, 11) is 1.61. The highest BCUT2D eigenvalue weighted by atomic mass is 19.3. The van der Waals surface area contributed by atoms with Gasteiger partial charge in [0.25, 0.3) is 0 Å². The van der Waals surface area contributed by atoms with Crippen LogP contribution in [-0.4, -0.2) is 13.2 Å². The van der Waals surface area contributed by atoms with Crippen molar-refractivity contribution < 1.29 is 18.3 Å². The van der Waals surface area contributed by atoms with E-state index in [0.29, 0.717) is 5.56 Å². The van der Waals surface area contributed by atoms with Crippen LogP contribution in [0.2, 0.25) is 0 Å². The summed E-state index contributed by atoms with van der Waals surface area (Å²) in [5.74, 6) is 0.00884. The molecule has 0 spiro atoms. The van der Waals surface area contributed by atoms with Crippen molar-refractivity contribution in [1.29, 1.82) is 0 Å². The smallest absolute Gasteiger partial charge is 0.405 e. The molecule has 2 nitrogen and oxygen atoms in total. The van der Waals surface area contributed by atoms with Gasteiger partial charge in [-0.15, -0.1) is 0 Å². The molecule has 1 heterocycles. The average molecular weight is 366 g/mol. The van der Waals surface area contributed by atoms with Crippen molar-refractivity contribution in [3.8, 4) is 22.6 Å². The van der Waals surface area contributed by atoms with Gasteiger partial charge in [0.1, 0.15) is 11.5 Å². The van der Waals surface area contributed by atoms with Gasteiger partial charge in [0.15, 0.2) is 0 Å². The third kappa shape index (κ3) is 3.39. The van der Waals surface area contributed by atoms with Gasteiger partial charge in [-0.2, -0.15) is 8.78 Å². The van der Waals surface area contributed by atoms with Crippen LogP contribution in [0.4, 0.5) is 8.78 Å². The van der Waals surface area contributed by atoms with Gasteiger partial charge in [0.05, 0.1) is 13.0 Å². The molecule has 0 aliphatic carbocycles. The second kappa shape index (κ2) is 6.69. The number of hydrogen-bond donors (Lipinski definition) is 0. The van der Waals surface area contributed by atoms with Gasteiger partial charge in [0.2, 0.25) is 0 Å². The van der Waals surface area contributed by atoms with E-state index in [4.69, 9.17) is 9.47 Å². The van der Waals surface area contributed by atoms with Crippen molar-refractivity contribution in [2.24, 2.45) is 0 Å². The van der Waals surface area contributed by atoms with Gasteiger partial charge in [-0.25, -0.2) is 0 Å². The molecule has 0 fully saturated rings. The molecule has 0 bridgehead atoms. The highest BCUT2D eigenvalue weighted by Crippen LogP contribution is 2.45. The number of hydrogen-bond acceptors (Lipinski definition) is 2. The minimum Gasteiger partial charge on any atom is -0.497 e. The summed E-state index contributed by atoms with van der Waals surface area (Å²) in [6.45, 7) is 1.94. The molecule has 3 aromatic rings. The lowest BCUT2D eigenvalue weighted by Crippen LogP contribution is -2.38. The van der Waals surface area contributed by atoms with Crippen molar-refractivity contribution in [1.82, 2.24) is 0 Å². The van der Waals surface area contributed by atoms with Crippen molar-refractivity contribution in [3.05, 3.63) is 83.4 Å². The van der Waals surface area contributed by atoms with Crippen LogP contribution in [0.1, 0.15) is 22.6 Å². The molecule has 0 amide bonds. The Bertz CT molecular complexity index is 947. The largest absolute Gasteiger partial charge is 0.497 e. The van der Waals surface area contributed by atoms with E-state index in [1.165, 1.54) is 0 Å². The van der Waals surface area contributed by atoms with Gasteiger partial charge in [-0.05, 0) is 53.8 Å². The summed E-state index contributed by atoms with van der Waals surface area (Å²) in [5.41, 5.74) is 4.19. The van der Waals surface area contributed by atoms with E-state index in [1.54, 1.807) is 25.3 Å². The van der Waals surface area contributed by atoms with Crippen LogP contribution in [0.15, 0.2) is 66.7 Å². The second-order valence-corrected chi connectivity index (χ2v) is 6.88. The Balaban J connectivity index is 1.66. The summed E-state index contributed by atoms with van der Waals surface area (Å²) < 4.78 is 39.8. The van der Waals surface area contributed by atoms with Crippen molar-refractivity contribution in [3.63, 3.8) is 0 Å². The number of aryl methyl sites for hydroxylation is 1. The van der Waals surface area contributed by atoms with E-state index in [0.717, 1.165) is 28.0 Å². The maximum atomic E-state index is 14.7. The Hall–Kier alpha value is -2.88. The zero-order valence-corrected chi connectivity index (χ0v) is 15.2. The van der Waals surface area contributed by atoms with Crippen molar-refractivity contribution in [2.75, 3.05) is 7.11 Å². The lowest BCUT2D eigenvalue weighted by Gasteiger charge is -2.33. The normalized spacial score (nSPS) is 17.7. The molecule has 1 unspecified atom stereocenters. The van der Waals surface area contributed by atoms with Crippen LogP contribution in [0, 0.1) is 6.92 Å². The van der Waals surface area contributed by atoms with Gasteiger partial charge >= 0.3 is 6.11 Å². The number of ether oxygens (including phenoxy) is 2. The number of alkyl halides is 2. The van der Waals surface area contributed by atoms with Crippen LogP contribution in [0.5, 0.6) is 11.5 Å². The Morgan fingerprint density at radius 3 is 2.26 bits per heavy atom. The summed E-state index contributed by atoms with van der Waals surface area (Å²) in [6, 6.07) is 20.2. The molecule has 0 aromatic heterocycles. The molecular weight excluding hydrogens is 346 g/mol. The summed E-state index contributed by atoms with van der Waals surface area (Å²) >= 11 is 0. The van der Waals surface area contributed by atoms with Crippen LogP contribution < -0.4 is 9.47 Å². The van der Waals surface area contributed by atoms with E-state index >= 15 is 0 Å². The molecular formula is C23H20F2O2. The lowest BCUT2D eigenvalue weighted by molar-refractivity contribution is -0.201. The van der Waals surface area contributed by atoms with Crippen molar-refractivity contribution >= 4 is 0 Å². The standard InChI is InChI=1S/C23H20F2O2/c1-15-3-5-17(6-4-15)21-13-19-8-7-18(14-22(19)27-23(21,24)25)16-9-11-20(26-2)12-10-16/h3-12,14,21H,13H2,1-2H3. The van der Waals surface area contributed by atoms with Gasteiger partial charge in [-0.3, -0.25) is 0 Å². The molecule has 0 saturated heterocycles. The van der Waals surface area contributed by atoms with Crippen molar-refractivity contribution in [2.45, 2.75) is 25.4 Å². The fourth-order valence-corrected chi connectivity index (χ4v) is 3.45. The van der Waals surface area contributed by atoms with Gasteiger partial charge < -0.3 is 9.47 Å². The first kappa shape index (κ1) is 17.5. The Labute approximate surface area is 157 Å². The minimum absolute atomic E-state index is 0.244. The predicted octanol–water partition coefficient (Wildman–Crippen LogP) is 5.98. The number of methoxy groups -OCH3 is 1. The fraction of sp³-hybridized carbons (Fsp3) is 0.217. The van der Waals surface area contributed by atoms with Crippen LogP contribution >= 0.6 is 0 Å². The monoisotopic (exact) mass is 366 g/mol. The average Bonchev–Trinajstić information content (AvgIpc) is 2.67. The maximum absolute atomic E-state index is 14.7. The fourth-order valence-electron chi connectivity index (χ4n) is 3.45. The third-order valence-corrected chi connectivity index (χ3v) is 5.05. The maximum Gasteiger partial charge on any atom is 0.405 e. The first-order chi connectivity index (χ1) is 13.0. The van der Waals surface area contributed by atoms with E-state index in [9.17, 15) is 8.78 Å². The number of benzene rings is 3. The molecule has 1 atom stereocenters. The van der Waals surface area contributed by atoms with Crippen LogP contribution in [-0.2, 0) is 6.42 Å². The summed E-state index contributed by atoms with van der Waals surface area (Å²) in [6.07, 6.45) is -3.00. The Morgan fingerprint density at radius 2 is 1.59 bits per heavy atom. The first-order valence-electron chi connectivity index (χ1n) is 8.87. The number of rotatable bonds is 3. The highest BCUT2D eigenvalue weighted by molar-refractivity contribution is 5.67. The molecule has 1 aliphatic rings. The second-order valence-electron chi connectivity index (χ2n) is 6.88. The molecule has 0 saturated carbocycles. The SMILES string of the molecule is COc1ccc(-c2ccc3c(c2)OC(F)(F)C(c2ccc(C)cc2)C3)cc1. The third-order valence-electron chi connectivity index (χ3n) is 5.05. The molecule has 4 heteroatoms. The summed E-state index contributed by atoms with van der Waals surface area (Å²) in [4.78, 5) is 0. The molecule has 138 valence electrons. The topological polar surface area (TPSA) is 18.5 Å². The number of halogens is 2. The van der Waals surface area contributed by atoms with Crippen LogP contribution in [0.3, 0.4) is 0 Å². The molecule has 0 N–H and O–H groups in total. The van der Waals surface area contributed by atoms with E-state index in [2.05, 4.69) is 0 Å². The predicted molar refractivity (Wildman–Crippen MR) is 102 cm³/mol. The lowest BCUT2D eigenvalue weighted by atomic mass is 9.87. The van der Waals surface area contributed by atoms with Gasteiger partial charge in [-0.1, -0.05) is 54.1 Å². The van der Waals surface area contributed by atoms with Crippen LogP contribution in [0.25, 0.3) is 11.1 Å². The summed E-state index contributed by atoms with van der Waals surface area (Å²) in [5, 5.41) is 0. The molecule has 1 aliphatic heterocycles. The molecule has 3 aromatic carbocycles. The molecule has 27 heavy (non-hydrogen) atoms. The highest BCUT2D eigenvalue weighted by Gasteiger charge is 2.47. The van der Waals surface area contributed by atoms with E-state index in [-0.39, 0.29) is 12.2 Å². The van der Waals surface area contributed by atoms with Gasteiger partial charge in [0, 0.05) is 0 Å². The minimum atomic E-state index is -3.25. The Kier molecular flexibility index (Phi) is 4.34. The number of fused-ring (bicyclic) bond motifs is 1. The zero-order chi connectivity index (χ0) is 19.0. The molecule has 4 rings (SSSR count). The van der Waals surface area contributed by atoms with E-state index in [1.807, 2.05) is 55.5 Å². The van der Waals surface area contributed by atoms with E-state index < -0.39 is 12.0 Å². The first-order valence-corrected chi connectivity index (χ1v) is 8.87. The zero-order valence-electron chi connectivity index (χ0n) is 15.2. The Morgan fingerprint density at radius 1 is 0.926 bits per heavy atom.